The van der Waals surface area contributed by atoms with Crippen molar-refractivity contribution in [2.24, 2.45) is 17.1 Å². The van der Waals surface area contributed by atoms with E-state index >= 15 is 0 Å². The molecule has 0 saturated carbocycles. The van der Waals surface area contributed by atoms with Crippen LogP contribution in [0.2, 0.25) is 0 Å². The first kappa shape index (κ1) is 19.9. The first-order chi connectivity index (χ1) is 9.70. The van der Waals surface area contributed by atoms with Crippen LogP contribution in [0.4, 0.5) is 0 Å². The zero-order valence-electron chi connectivity index (χ0n) is 13.6. The maximum Gasteiger partial charge on any atom is 0.306 e. The smallest absolute Gasteiger partial charge is 0.306 e. The molecule has 0 spiro atoms. The third-order valence-corrected chi connectivity index (χ3v) is 3.72. The standard InChI is InChI=1S/C15H30N2O4/c1-15(2,3)11(7-8-16)5-6-13(18)17-10-12(21-4)9-14(19)20/h11-12H,5-10,16H2,1-4H3,(H,17,18)(H,19,20). The lowest BCUT2D eigenvalue weighted by atomic mass is 9.76. The second-order valence-corrected chi connectivity index (χ2v) is 6.44. The minimum Gasteiger partial charge on any atom is -0.481 e. The van der Waals surface area contributed by atoms with E-state index < -0.39 is 12.1 Å². The Morgan fingerprint density at radius 1 is 1.29 bits per heavy atom. The van der Waals surface area contributed by atoms with Crippen LogP contribution < -0.4 is 11.1 Å². The third-order valence-electron chi connectivity index (χ3n) is 3.72. The van der Waals surface area contributed by atoms with Crippen LogP contribution in [0.1, 0.15) is 46.5 Å². The molecule has 2 atom stereocenters. The molecule has 1 amide bonds. The lowest BCUT2D eigenvalue weighted by Crippen LogP contribution is -2.35. The molecule has 0 aromatic heterocycles. The van der Waals surface area contributed by atoms with E-state index in [0.29, 0.717) is 18.9 Å². The van der Waals surface area contributed by atoms with Gasteiger partial charge in [-0.15, -0.1) is 0 Å². The van der Waals surface area contributed by atoms with Gasteiger partial charge in [0.1, 0.15) is 0 Å². The Kier molecular flexibility index (Phi) is 9.21. The van der Waals surface area contributed by atoms with Crippen molar-refractivity contribution >= 4 is 11.9 Å². The number of carboxylic acid groups (broad SMARTS) is 1. The number of hydrogen-bond donors (Lipinski definition) is 3. The number of carbonyl (C=O) groups excluding carboxylic acids is 1. The zero-order chi connectivity index (χ0) is 16.5. The van der Waals surface area contributed by atoms with Crippen molar-refractivity contribution in [3.05, 3.63) is 0 Å². The van der Waals surface area contributed by atoms with Crippen molar-refractivity contribution in [2.45, 2.75) is 52.6 Å². The minimum absolute atomic E-state index is 0.0753. The summed E-state index contributed by atoms with van der Waals surface area (Å²) < 4.78 is 5.02. The molecule has 0 bridgehead atoms. The summed E-state index contributed by atoms with van der Waals surface area (Å²) >= 11 is 0. The molecule has 0 fully saturated rings. The summed E-state index contributed by atoms with van der Waals surface area (Å²) in [7, 11) is 1.44. The van der Waals surface area contributed by atoms with E-state index in [-0.39, 0.29) is 24.3 Å². The van der Waals surface area contributed by atoms with Gasteiger partial charge in [-0.05, 0) is 30.7 Å². The van der Waals surface area contributed by atoms with E-state index in [1.807, 2.05) is 0 Å². The van der Waals surface area contributed by atoms with Crippen molar-refractivity contribution in [1.29, 1.82) is 0 Å². The molecule has 0 aliphatic rings. The molecule has 124 valence electrons. The Morgan fingerprint density at radius 2 is 1.90 bits per heavy atom. The average molecular weight is 302 g/mol. The number of ether oxygens (including phenoxy) is 1. The van der Waals surface area contributed by atoms with Crippen molar-refractivity contribution in [2.75, 3.05) is 20.2 Å². The molecular formula is C15H30N2O4. The Bertz CT molecular complexity index is 326. The summed E-state index contributed by atoms with van der Waals surface area (Å²) in [5.41, 5.74) is 5.75. The maximum atomic E-state index is 11.8. The normalized spacial score (nSPS) is 14.5. The Balaban J connectivity index is 4.15. The summed E-state index contributed by atoms with van der Waals surface area (Å²) in [6.45, 7) is 7.30. The summed E-state index contributed by atoms with van der Waals surface area (Å²) in [4.78, 5) is 22.4. The quantitative estimate of drug-likeness (QED) is 0.566. The first-order valence-electron chi connectivity index (χ1n) is 7.42. The van der Waals surface area contributed by atoms with Gasteiger partial charge in [-0.2, -0.15) is 0 Å². The molecule has 6 heteroatoms. The Hall–Kier alpha value is -1.14. The fraction of sp³-hybridized carbons (Fsp3) is 0.867. The average Bonchev–Trinajstić information content (AvgIpc) is 2.37. The fourth-order valence-electron chi connectivity index (χ4n) is 2.27. The highest BCUT2D eigenvalue weighted by molar-refractivity contribution is 5.76. The SMILES string of the molecule is COC(CNC(=O)CCC(CCN)C(C)(C)C)CC(=O)O. The molecule has 0 aromatic rings. The molecular weight excluding hydrogens is 272 g/mol. The van der Waals surface area contributed by atoms with Gasteiger partial charge in [0, 0.05) is 20.1 Å². The molecule has 0 heterocycles. The summed E-state index contributed by atoms with van der Waals surface area (Å²) in [5.74, 6) is -0.619. The minimum atomic E-state index is -0.938. The van der Waals surface area contributed by atoms with Crippen LogP contribution >= 0.6 is 0 Å². The van der Waals surface area contributed by atoms with Crippen LogP contribution in [0, 0.1) is 11.3 Å². The highest BCUT2D eigenvalue weighted by atomic mass is 16.5. The van der Waals surface area contributed by atoms with Crippen molar-refractivity contribution < 1.29 is 19.4 Å². The van der Waals surface area contributed by atoms with Gasteiger partial charge in [-0.1, -0.05) is 20.8 Å². The first-order valence-corrected chi connectivity index (χ1v) is 7.42. The number of aliphatic carboxylic acids is 1. The van der Waals surface area contributed by atoms with Crippen molar-refractivity contribution in [3.63, 3.8) is 0 Å². The monoisotopic (exact) mass is 302 g/mol. The molecule has 0 radical (unpaired) electrons. The predicted octanol–water partition coefficient (Wildman–Crippen LogP) is 1.38. The predicted molar refractivity (Wildman–Crippen MR) is 81.9 cm³/mol. The molecule has 4 N–H and O–H groups in total. The number of amides is 1. The van der Waals surface area contributed by atoms with Crippen molar-refractivity contribution in [3.8, 4) is 0 Å². The Labute approximate surface area is 127 Å². The largest absolute Gasteiger partial charge is 0.481 e. The van der Waals surface area contributed by atoms with Gasteiger partial charge in [-0.25, -0.2) is 0 Å². The zero-order valence-corrected chi connectivity index (χ0v) is 13.6. The van der Waals surface area contributed by atoms with E-state index in [2.05, 4.69) is 26.1 Å². The number of nitrogens with two attached hydrogens (primary N) is 1. The van der Waals surface area contributed by atoms with Gasteiger partial charge in [0.05, 0.1) is 12.5 Å². The van der Waals surface area contributed by atoms with Gasteiger partial charge in [-0.3, -0.25) is 9.59 Å². The third kappa shape index (κ3) is 9.42. The van der Waals surface area contributed by atoms with E-state index in [4.69, 9.17) is 15.6 Å². The molecule has 6 nitrogen and oxygen atoms in total. The van der Waals surface area contributed by atoms with E-state index in [0.717, 1.165) is 12.8 Å². The Morgan fingerprint density at radius 3 is 2.33 bits per heavy atom. The number of hydrogen-bond acceptors (Lipinski definition) is 4. The van der Waals surface area contributed by atoms with E-state index in [9.17, 15) is 9.59 Å². The molecule has 0 aliphatic carbocycles. The summed E-state index contributed by atoms with van der Waals surface area (Å²) in [6.07, 6.45) is 1.49. The topological polar surface area (TPSA) is 102 Å². The molecule has 0 rings (SSSR count). The molecule has 0 saturated heterocycles. The molecule has 2 unspecified atom stereocenters. The van der Waals surface area contributed by atoms with E-state index in [1.165, 1.54) is 7.11 Å². The summed E-state index contributed by atoms with van der Waals surface area (Å²) in [6, 6.07) is 0. The number of nitrogens with one attached hydrogen (secondary N) is 1. The van der Waals surface area contributed by atoms with Crippen LogP contribution in [0.15, 0.2) is 0 Å². The second-order valence-electron chi connectivity index (χ2n) is 6.44. The lowest BCUT2D eigenvalue weighted by Gasteiger charge is -2.30. The van der Waals surface area contributed by atoms with E-state index in [1.54, 1.807) is 0 Å². The van der Waals surface area contributed by atoms with Gasteiger partial charge in [0.15, 0.2) is 0 Å². The van der Waals surface area contributed by atoms with Crippen molar-refractivity contribution in [1.82, 2.24) is 5.32 Å². The van der Waals surface area contributed by atoms with Crippen LogP contribution in [-0.4, -0.2) is 43.3 Å². The highest BCUT2D eigenvalue weighted by Gasteiger charge is 2.24. The molecule has 21 heavy (non-hydrogen) atoms. The summed E-state index contributed by atoms with van der Waals surface area (Å²) in [5, 5.41) is 11.4. The maximum absolute atomic E-state index is 11.8. The van der Waals surface area contributed by atoms with Gasteiger partial charge in [0.2, 0.25) is 5.91 Å². The fourth-order valence-corrected chi connectivity index (χ4v) is 2.27. The van der Waals surface area contributed by atoms with Gasteiger partial charge in [0.25, 0.3) is 0 Å². The van der Waals surface area contributed by atoms with Crippen LogP contribution in [-0.2, 0) is 14.3 Å². The molecule has 0 aromatic carbocycles. The van der Waals surface area contributed by atoms with Gasteiger partial charge < -0.3 is 20.9 Å². The number of methoxy groups -OCH3 is 1. The van der Waals surface area contributed by atoms with Gasteiger partial charge >= 0.3 is 5.97 Å². The number of carboxylic acids is 1. The van der Waals surface area contributed by atoms with Crippen LogP contribution in [0.25, 0.3) is 0 Å². The molecule has 0 aliphatic heterocycles. The lowest BCUT2D eigenvalue weighted by molar-refractivity contribution is -0.140. The highest BCUT2D eigenvalue weighted by Crippen LogP contribution is 2.31. The number of carbonyl (C=O) groups is 2. The second kappa shape index (κ2) is 9.73. The van der Waals surface area contributed by atoms with Crippen LogP contribution in [0.3, 0.4) is 0 Å². The number of rotatable bonds is 10. The van der Waals surface area contributed by atoms with Crippen LogP contribution in [0.5, 0.6) is 0 Å².